The quantitative estimate of drug-likeness (QED) is 0.877. The highest BCUT2D eigenvalue weighted by molar-refractivity contribution is 6.31. The minimum atomic E-state index is 0.420. The molecule has 0 aliphatic heterocycles. The Bertz CT molecular complexity index is 537. The van der Waals surface area contributed by atoms with E-state index < -0.39 is 0 Å². The number of ether oxygens (including phenoxy) is 1. The predicted molar refractivity (Wildman–Crippen MR) is 76.6 cm³/mol. The van der Waals surface area contributed by atoms with Gasteiger partial charge < -0.3 is 14.9 Å². The Morgan fingerprint density at radius 1 is 1.21 bits per heavy atom. The Kier molecular flexibility index (Phi) is 4.88. The van der Waals surface area contributed by atoms with Gasteiger partial charge in [0.2, 0.25) is 0 Å². The fourth-order valence-corrected chi connectivity index (χ4v) is 1.89. The average Bonchev–Trinajstić information content (AvgIpc) is 2.86. The summed E-state index contributed by atoms with van der Waals surface area (Å²) in [6, 6.07) is 9.52. The number of rotatable bonds is 6. The molecule has 0 atom stereocenters. The molecule has 0 radical (unpaired) electrons. The Morgan fingerprint density at radius 2 is 2.00 bits per heavy atom. The van der Waals surface area contributed by atoms with Crippen molar-refractivity contribution in [2.45, 2.75) is 26.4 Å². The van der Waals surface area contributed by atoms with E-state index in [2.05, 4.69) is 0 Å². The zero-order valence-electron chi connectivity index (χ0n) is 11.0. The van der Waals surface area contributed by atoms with Crippen molar-refractivity contribution >= 4 is 11.6 Å². The molecular formula is C15H18ClNO2. The maximum atomic E-state index is 5.97. The van der Waals surface area contributed by atoms with E-state index in [0.717, 1.165) is 40.7 Å². The number of hydrogen-bond donors (Lipinski definition) is 1. The first-order chi connectivity index (χ1) is 9.19. The van der Waals surface area contributed by atoms with Gasteiger partial charge in [-0.05, 0) is 55.8 Å². The molecule has 0 unspecified atom stereocenters. The van der Waals surface area contributed by atoms with E-state index in [-0.39, 0.29) is 0 Å². The molecule has 0 amide bonds. The molecule has 19 heavy (non-hydrogen) atoms. The van der Waals surface area contributed by atoms with Crippen molar-refractivity contribution in [3.05, 3.63) is 52.4 Å². The lowest BCUT2D eigenvalue weighted by Gasteiger charge is -2.06. The molecule has 0 spiro atoms. The summed E-state index contributed by atoms with van der Waals surface area (Å²) < 4.78 is 11.3. The summed E-state index contributed by atoms with van der Waals surface area (Å²) in [7, 11) is 0. The SMILES string of the molecule is Cc1cc(OCc2ccc(CCCN)o2)ccc1Cl. The lowest BCUT2D eigenvalue weighted by molar-refractivity contribution is 0.265. The van der Waals surface area contributed by atoms with Gasteiger partial charge in [0.25, 0.3) is 0 Å². The Hall–Kier alpha value is -1.45. The van der Waals surface area contributed by atoms with E-state index in [1.54, 1.807) is 0 Å². The third-order valence-electron chi connectivity index (χ3n) is 2.86. The second-order valence-electron chi connectivity index (χ2n) is 4.46. The maximum absolute atomic E-state index is 5.97. The summed E-state index contributed by atoms with van der Waals surface area (Å²) in [6.45, 7) is 3.05. The third kappa shape index (κ3) is 4.01. The number of furan rings is 1. The van der Waals surface area contributed by atoms with Crippen molar-refractivity contribution in [2.75, 3.05) is 6.54 Å². The summed E-state index contributed by atoms with van der Waals surface area (Å²) in [6.07, 6.45) is 1.81. The maximum Gasteiger partial charge on any atom is 0.146 e. The summed E-state index contributed by atoms with van der Waals surface area (Å²) in [5, 5.41) is 0.745. The lowest BCUT2D eigenvalue weighted by Crippen LogP contribution is -1.99. The topological polar surface area (TPSA) is 48.4 Å². The minimum Gasteiger partial charge on any atom is -0.486 e. The zero-order valence-corrected chi connectivity index (χ0v) is 11.7. The fraction of sp³-hybridized carbons (Fsp3) is 0.333. The minimum absolute atomic E-state index is 0.420. The van der Waals surface area contributed by atoms with Crippen LogP contribution in [0.5, 0.6) is 5.75 Å². The molecule has 3 nitrogen and oxygen atoms in total. The fourth-order valence-electron chi connectivity index (χ4n) is 1.77. The molecule has 1 heterocycles. The van der Waals surface area contributed by atoms with E-state index in [0.29, 0.717) is 13.2 Å². The molecule has 0 aliphatic carbocycles. The molecule has 2 rings (SSSR count). The molecule has 2 aromatic rings. The first-order valence-electron chi connectivity index (χ1n) is 6.35. The van der Waals surface area contributed by atoms with Crippen molar-refractivity contribution in [1.29, 1.82) is 0 Å². The summed E-state index contributed by atoms with van der Waals surface area (Å²) >= 11 is 5.97. The molecule has 0 bridgehead atoms. The molecule has 0 fully saturated rings. The number of halogens is 1. The Labute approximate surface area is 118 Å². The van der Waals surface area contributed by atoms with E-state index in [1.165, 1.54) is 0 Å². The molecule has 2 N–H and O–H groups in total. The second-order valence-corrected chi connectivity index (χ2v) is 4.87. The van der Waals surface area contributed by atoms with Crippen LogP contribution in [0.3, 0.4) is 0 Å². The predicted octanol–water partition coefficient (Wildman–Crippen LogP) is 3.71. The van der Waals surface area contributed by atoms with Crippen LogP contribution in [0.4, 0.5) is 0 Å². The Morgan fingerprint density at radius 3 is 2.74 bits per heavy atom. The van der Waals surface area contributed by atoms with E-state index in [1.807, 2.05) is 37.3 Å². The van der Waals surface area contributed by atoms with Crippen molar-refractivity contribution in [3.8, 4) is 5.75 Å². The van der Waals surface area contributed by atoms with Gasteiger partial charge in [-0.25, -0.2) is 0 Å². The van der Waals surface area contributed by atoms with Crippen LogP contribution in [-0.2, 0) is 13.0 Å². The van der Waals surface area contributed by atoms with E-state index >= 15 is 0 Å². The summed E-state index contributed by atoms with van der Waals surface area (Å²) in [4.78, 5) is 0. The zero-order chi connectivity index (χ0) is 13.7. The van der Waals surface area contributed by atoms with Gasteiger partial charge in [0.05, 0.1) is 0 Å². The first kappa shape index (κ1) is 14.0. The highest BCUT2D eigenvalue weighted by Gasteiger charge is 2.04. The number of hydrogen-bond acceptors (Lipinski definition) is 3. The molecule has 1 aromatic carbocycles. The van der Waals surface area contributed by atoms with Crippen molar-refractivity contribution in [1.82, 2.24) is 0 Å². The average molecular weight is 280 g/mol. The standard InChI is InChI=1S/C15H18ClNO2/c1-11-9-13(6-7-15(11)16)18-10-14-5-4-12(19-14)3-2-8-17/h4-7,9H,2-3,8,10,17H2,1H3. The van der Waals surface area contributed by atoms with Crippen LogP contribution in [0, 0.1) is 6.92 Å². The van der Waals surface area contributed by atoms with Crippen LogP contribution in [0.15, 0.2) is 34.7 Å². The normalized spacial score (nSPS) is 10.7. The lowest BCUT2D eigenvalue weighted by atomic mass is 10.2. The van der Waals surface area contributed by atoms with E-state index in [9.17, 15) is 0 Å². The van der Waals surface area contributed by atoms with Gasteiger partial charge >= 0.3 is 0 Å². The number of nitrogens with two attached hydrogens (primary N) is 1. The van der Waals surface area contributed by atoms with Crippen LogP contribution >= 0.6 is 11.6 Å². The van der Waals surface area contributed by atoms with Gasteiger partial charge in [0, 0.05) is 11.4 Å². The van der Waals surface area contributed by atoms with Crippen molar-refractivity contribution in [2.24, 2.45) is 5.73 Å². The van der Waals surface area contributed by atoms with Crippen molar-refractivity contribution in [3.63, 3.8) is 0 Å². The molecular weight excluding hydrogens is 262 g/mol. The molecule has 0 saturated carbocycles. The molecule has 0 aliphatic rings. The Balaban J connectivity index is 1.91. The second kappa shape index (κ2) is 6.64. The highest BCUT2D eigenvalue weighted by Crippen LogP contribution is 2.22. The first-order valence-corrected chi connectivity index (χ1v) is 6.73. The summed E-state index contributed by atoms with van der Waals surface area (Å²) in [5.74, 6) is 2.57. The third-order valence-corrected chi connectivity index (χ3v) is 3.28. The molecule has 0 saturated heterocycles. The molecule has 102 valence electrons. The van der Waals surface area contributed by atoms with Crippen LogP contribution in [0.25, 0.3) is 0 Å². The van der Waals surface area contributed by atoms with Gasteiger partial charge in [-0.15, -0.1) is 0 Å². The van der Waals surface area contributed by atoms with Crippen LogP contribution in [0.2, 0.25) is 5.02 Å². The smallest absolute Gasteiger partial charge is 0.146 e. The van der Waals surface area contributed by atoms with Gasteiger partial charge in [-0.2, -0.15) is 0 Å². The largest absolute Gasteiger partial charge is 0.486 e. The van der Waals surface area contributed by atoms with E-state index in [4.69, 9.17) is 26.5 Å². The summed E-state index contributed by atoms with van der Waals surface area (Å²) in [5.41, 5.74) is 6.47. The molecule has 1 aromatic heterocycles. The van der Waals surface area contributed by atoms with Crippen molar-refractivity contribution < 1.29 is 9.15 Å². The van der Waals surface area contributed by atoms with Crippen LogP contribution in [-0.4, -0.2) is 6.54 Å². The van der Waals surface area contributed by atoms with Crippen LogP contribution < -0.4 is 10.5 Å². The highest BCUT2D eigenvalue weighted by atomic mass is 35.5. The van der Waals surface area contributed by atoms with Gasteiger partial charge in [0.1, 0.15) is 23.9 Å². The van der Waals surface area contributed by atoms with Gasteiger partial charge in [-0.3, -0.25) is 0 Å². The van der Waals surface area contributed by atoms with Gasteiger partial charge in [-0.1, -0.05) is 11.6 Å². The van der Waals surface area contributed by atoms with Gasteiger partial charge in [0.15, 0.2) is 0 Å². The molecule has 4 heteroatoms. The number of aryl methyl sites for hydroxylation is 2. The monoisotopic (exact) mass is 279 g/mol. The number of benzene rings is 1. The van der Waals surface area contributed by atoms with Crippen LogP contribution in [0.1, 0.15) is 23.5 Å².